The van der Waals surface area contributed by atoms with Gasteiger partial charge in [-0.15, -0.1) is 0 Å². The number of hydrogen-bond donors (Lipinski definition) is 1. The number of aryl methyl sites for hydroxylation is 2. The zero-order valence-electron chi connectivity index (χ0n) is 19.6. The SMILES string of the molecule is CCCOCCNC(=O)c1ccc(C)nc1C1CCN(C(=O)c2cc(C)oc2C(F)(F)F)CC1. The van der Waals surface area contributed by atoms with Gasteiger partial charge in [0.2, 0.25) is 5.76 Å². The lowest BCUT2D eigenvalue weighted by Crippen LogP contribution is -2.39. The summed E-state index contributed by atoms with van der Waals surface area (Å²) in [6.07, 6.45) is -2.87. The van der Waals surface area contributed by atoms with Gasteiger partial charge in [0, 0.05) is 37.9 Å². The van der Waals surface area contributed by atoms with E-state index in [9.17, 15) is 22.8 Å². The van der Waals surface area contributed by atoms with E-state index in [2.05, 4.69) is 10.3 Å². The summed E-state index contributed by atoms with van der Waals surface area (Å²) in [5, 5.41) is 2.84. The number of pyridine rings is 1. The molecule has 0 bridgehead atoms. The Morgan fingerprint density at radius 3 is 2.53 bits per heavy atom. The Morgan fingerprint density at radius 2 is 1.88 bits per heavy atom. The number of rotatable bonds is 8. The third-order valence-corrected chi connectivity index (χ3v) is 5.70. The van der Waals surface area contributed by atoms with Crippen molar-refractivity contribution in [2.75, 3.05) is 32.8 Å². The highest BCUT2D eigenvalue weighted by atomic mass is 19.4. The van der Waals surface area contributed by atoms with Crippen molar-refractivity contribution in [2.45, 2.75) is 52.1 Å². The van der Waals surface area contributed by atoms with Crippen molar-refractivity contribution in [3.63, 3.8) is 0 Å². The molecule has 0 atom stereocenters. The molecule has 2 aromatic heterocycles. The lowest BCUT2D eigenvalue weighted by molar-refractivity contribution is -0.153. The second-order valence-electron chi connectivity index (χ2n) is 8.42. The number of hydrogen-bond acceptors (Lipinski definition) is 5. The summed E-state index contributed by atoms with van der Waals surface area (Å²) in [6, 6.07) is 4.64. The minimum atomic E-state index is -4.74. The first kappa shape index (κ1) is 25.7. The van der Waals surface area contributed by atoms with E-state index in [-0.39, 0.29) is 30.7 Å². The number of piperidine rings is 1. The first-order valence-electron chi connectivity index (χ1n) is 11.4. The van der Waals surface area contributed by atoms with Crippen LogP contribution in [0.15, 0.2) is 22.6 Å². The number of carbonyl (C=O) groups excluding carboxylic acids is 2. The molecule has 3 rings (SSSR count). The molecule has 1 fully saturated rings. The van der Waals surface area contributed by atoms with Gasteiger partial charge in [0.05, 0.1) is 23.4 Å². The molecule has 1 saturated heterocycles. The number of aromatic nitrogens is 1. The number of carbonyl (C=O) groups is 2. The molecule has 0 aromatic carbocycles. The summed E-state index contributed by atoms with van der Waals surface area (Å²) in [5.74, 6) is -2.27. The molecule has 3 heterocycles. The molecule has 10 heteroatoms. The van der Waals surface area contributed by atoms with E-state index in [4.69, 9.17) is 9.15 Å². The maximum Gasteiger partial charge on any atom is 0.450 e. The summed E-state index contributed by atoms with van der Waals surface area (Å²) in [4.78, 5) is 31.6. The second-order valence-corrected chi connectivity index (χ2v) is 8.42. The van der Waals surface area contributed by atoms with Crippen LogP contribution in [0.2, 0.25) is 0 Å². The molecule has 34 heavy (non-hydrogen) atoms. The number of alkyl halides is 3. The van der Waals surface area contributed by atoms with Crippen LogP contribution in [-0.4, -0.2) is 54.5 Å². The van der Waals surface area contributed by atoms with Gasteiger partial charge in [-0.2, -0.15) is 13.2 Å². The Hall–Kier alpha value is -2.88. The lowest BCUT2D eigenvalue weighted by Gasteiger charge is -2.32. The Kier molecular flexibility index (Phi) is 8.35. The molecule has 1 aliphatic heterocycles. The van der Waals surface area contributed by atoms with E-state index in [1.54, 1.807) is 12.1 Å². The maximum atomic E-state index is 13.3. The van der Waals surface area contributed by atoms with Gasteiger partial charge in [0.15, 0.2) is 0 Å². The van der Waals surface area contributed by atoms with Gasteiger partial charge in [-0.1, -0.05) is 6.92 Å². The van der Waals surface area contributed by atoms with Crippen LogP contribution in [0.25, 0.3) is 0 Å². The summed E-state index contributed by atoms with van der Waals surface area (Å²) < 4.78 is 49.9. The third kappa shape index (κ3) is 6.16. The predicted octanol–water partition coefficient (Wildman–Crippen LogP) is 4.49. The molecular formula is C24H30F3N3O4. The van der Waals surface area contributed by atoms with Gasteiger partial charge < -0.3 is 19.4 Å². The number of furan rings is 1. The molecule has 186 valence electrons. The van der Waals surface area contributed by atoms with Crippen LogP contribution in [0.1, 0.15) is 75.7 Å². The monoisotopic (exact) mass is 481 g/mol. The Balaban J connectivity index is 1.68. The third-order valence-electron chi connectivity index (χ3n) is 5.70. The first-order valence-corrected chi connectivity index (χ1v) is 11.4. The lowest BCUT2D eigenvalue weighted by atomic mass is 9.89. The molecular weight excluding hydrogens is 451 g/mol. The largest absolute Gasteiger partial charge is 0.456 e. The quantitative estimate of drug-likeness (QED) is 0.562. The Bertz CT molecular complexity index is 1010. The van der Waals surface area contributed by atoms with Crippen molar-refractivity contribution < 1.29 is 31.9 Å². The van der Waals surface area contributed by atoms with Crippen LogP contribution in [0.4, 0.5) is 13.2 Å². The van der Waals surface area contributed by atoms with Crippen LogP contribution in [-0.2, 0) is 10.9 Å². The fourth-order valence-electron chi connectivity index (χ4n) is 4.07. The number of nitrogens with zero attached hydrogens (tertiary/aromatic N) is 2. The highest BCUT2D eigenvalue weighted by Crippen LogP contribution is 2.36. The summed E-state index contributed by atoms with van der Waals surface area (Å²) in [5.41, 5.74) is 1.41. The highest BCUT2D eigenvalue weighted by Gasteiger charge is 2.41. The average molecular weight is 482 g/mol. The van der Waals surface area contributed by atoms with E-state index < -0.39 is 23.4 Å². The first-order chi connectivity index (χ1) is 16.1. The summed E-state index contributed by atoms with van der Waals surface area (Å²) in [7, 11) is 0. The van der Waals surface area contributed by atoms with Crippen LogP contribution >= 0.6 is 0 Å². The van der Waals surface area contributed by atoms with Gasteiger partial charge in [-0.05, 0) is 51.3 Å². The Morgan fingerprint density at radius 1 is 1.18 bits per heavy atom. The fraction of sp³-hybridized carbons (Fsp3) is 0.542. The molecule has 2 aromatic rings. The molecule has 0 unspecified atom stereocenters. The van der Waals surface area contributed by atoms with E-state index >= 15 is 0 Å². The fourth-order valence-corrected chi connectivity index (χ4v) is 4.07. The number of amides is 2. The van der Waals surface area contributed by atoms with E-state index in [1.165, 1.54) is 11.8 Å². The van der Waals surface area contributed by atoms with E-state index in [1.807, 2.05) is 13.8 Å². The molecule has 7 nitrogen and oxygen atoms in total. The van der Waals surface area contributed by atoms with Crippen molar-refractivity contribution in [1.82, 2.24) is 15.2 Å². The number of ether oxygens (including phenoxy) is 1. The van der Waals surface area contributed by atoms with Crippen LogP contribution in [0.3, 0.4) is 0 Å². The van der Waals surface area contributed by atoms with Crippen LogP contribution < -0.4 is 5.32 Å². The minimum Gasteiger partial charge on any atom is -0.456 e. The number of likely N-dealkylation sites (tertiary alicyclic amines) is 1. The van der Waals surface area contributed by atoms with Crippen molar-refractivity contribution in [3.8, 4) is 0 Å². The minimum absolute atomic E-state index is 0.0327. The smallest absolute Gasteiger partial charge is 0.450 e. The molecule has 1 N–H and O–H groups in total. The summed E-state index contributed by atoms with van der Waals surface area (Å²) in [6.45, 7) is 7.17. The maximum absolute atomic E-state index is 13.3. The van der Waals surface area contributed by atoms with Gasteiger partial charge >= 0.3 is 6.18 Å². The van der Waals surface area contributed by atoms with Crippen LogP contribution in [0, 0.1) is 13.8 Å². The highest BCUT2D eigenvalue weighted by molar-refractivity contribution is 5.96. The molecule has 1 aliphatic rings. The van der Waals surface area contributed by atoms with Gasteiger partial charge in [0.25, 0.3) is 11.8 Å². The van der Waals surface area contributed by atoms with Crippen molar-refractivity contribution >= 4 is 11.8 Å². The van der Waals surface area contributed by atoms with Crippen LogP contribution in [0.5, 0.6) is 0 Å². The summed E-state index contributed by atoms with van der Waals surface area (Å²) >= 11 is 0. The molecule has 0 spiro atoms. The number of nitrogens with one attached hydrogen (secondary N) is 1. The van der Waals surface area contributed by atoms with Crippen molar-refractivity contribution in [3.05, 3.63) is 52.2 Å². The molecule has 0 saturated carbocycles. The van der Waals surface area contributed by atoms with E-state index in [0.717, 1.165) is 18.2 Å². The van der Waals surface area contributed by atoms with Gasteiger partial charge in [0.1, 0.15) is 5.76 Å². The van der Waals surface area contributed by atoms with Gasteiger partial charge in [-0.25, -0.2) is 0 Å². The predicted molar refractivity (Wildman–Crippen MR) is 119 cm³/mol. The zero-order chi connectivity index (χ0) is 24.9. The molecule has 2 amide bonds. The standard InChI is InChI=1S/C24H30F3N3O4/c1-4-12-33-13-9-28-22(31)18-6-5-15(2)29-20(18)17-7-10-30(11-8-17)23(32)19-14-16(3)34-21(19)24(25,26)27/h5-6,14,17H,4,7-13H2,1-3H3,(H,28,31). The van der Waals surface area contributed by atoms with Crippen molar-refractivity contribution in [1.29, 1.82) is 0 Å². The topological polar surface area (TPSA) is 84.7 Å². The average Bonchev–Trinajstić information content (AvgIpc) is 3.20. The number of halogens is 3. The normalized spacial score (nSPS) is 14.9. The zero-order valence-corrected chi connectivity index (χ0v) is 19.6. The molecule has 0 aliphatic carbocycles. The second kappa shape index (κ2) is 11.0. The molecule has 0 radical (unpaired) electrons. The Labute approximate surface area is 196 Å². The van der Waals surface area contributed by atoms with Gasteiger partial charge in [-0.3, -0.25) is 14.6 Å². The van der Waals surface area contributed by atoms with Crippen molar-refractivity contribution in [2.24, 2.45) is 0 Å². The van der Waals surface area contributed by atoms with E-state index in [0.29, 0.717) is 43.9 Å².